The lowest BCUT2D eigenvalue weighted by Crippen LogP contribution is -2.43. The molecular formula is C16H18O2Si. The highest BCUT2D eigenvalue weighted by atomic mass is 28.4. The minimum absolute atomic E-state index is 0.0593. The Bertz CT molecular complexity index is 559. The molecule has 0 aromatic heterocycles. The van der Waals surface area contributed by atoms with E-state index >= 15 is 0 Å². The monoisotopic (exact) mass is 270 g/mol. The van der Waals surface area contributed by atoms with Gasteiger partial charge < -0.3 is 4.43 Å². The second-order valence-electron chi connectivity index (χ2n) is 4.99. The summed E-state index contributed by atoms with van der Waals surface area (Å²) >= 11 is 0. The van der Waals surface area contributed by atoms with Crippen molar-refractivity contribution in [2.24, 2.45) is 0 Å². The van der Waals surface area contributed by atoms with E-state index in [9.17, 15) is 4.79 Å². The molecule has 0 saturated carbocycles. The average Bonchev–Trinajstić information content (AvgIpc) is 2.47. The zero-order valence-electron chi connectivity index (χ0n) is 11.5. The number of ketones is 1. The van der Waals surface area contributed by atoms with E-state index in [1.54, 1.807) is 7.11 Å². The third-order valence-corrected chi connectivity index (χ3v) is 6.13. The van der Waals surface area contributed by atoms with Crippen LogP contribution in [0.1, 0.15) is 15.9 Å². The fraction of sp³-hybridized carbons (Fsp3) is 0.188. The van der Waals surface area contributed by atoms with Crippen molar-refractivity contribution in [3.05, 3.63) is 65.7 Å². The van der Waals surface area contributed by atoms with Gasteiger partial charge >= 0.3 is 0 Å². The van der Waals surface area contributed by atoms with E-state index in [1.165, 1.54) is 5.19 Å². The third-order valence-electron chi connectivity index (χ3n) is 3.39. The molecule has 0 radical (unpaired) electrons. The normalized spacial score (nSPS) is 11.3. The van der Waals surface area contributed by atoms with E-state index < -0.39 is 8.32 Å². The smallest absolute Gasteiger partial charge is 0.217 e. The Hall–Kier alpha value is -1.71. The van der Waals surface area contributed by atoms with Gasteiger partial charge in [-0.05, 0) is 18.3 Å². The number of rotatable bonds is 4. The molecule has 0 aliphatic rings. The van der Waals surface area contributed by atoms with Crippen molar-refractivity contribution in [1.82, 2.24) is 0 Å². The Labute approximate surface area is 115 Å². The molecule has 2 aromatic rings. The third kappa shape index (κ3) is 3.00. The Morgan fingerprint density at radius 1 is 0.895 bits per heavy atom. The highest BCUT2D eigenvalue weighted by molar-refractivity contribution is 6.84. The van der Waals surface area contributed by atoms with E-state index in [4.69, 9.17) is 4.43 Å². The molecule has 0 bridgehead atoms. The molecule has 2 aromatic carbocycles. The molecule has 0 spiro atoms. The molecule has 0 saturated heterocycles. The summed E-state index contributed by atoms with van der Waals surface area (Å²) in [5, 5.41) is 1.19. The van der Waals surface area contributed by atoms with Crippen LogP contribution in [-0.4, -0.2) is 21.2 Å². The maximum Gasteiger partial charge on any atom is 0.217 e. The van der Waals surface area contributed by atoms with Gasteiger partial charge in [0.1, 0.15) is 0 Å². The van der Waals surface area contributed by atoms with E-state index in [2.05, 4.69) is 13.1 Å². The average molecular weight is 270 g/mol. The number of benzene rings is 2. The Balaban J connectivity index is 2.27. The Morgan fingerprint density at radius 2 is 1.42 bits per heavy atom. The minimum Gasteiger partial charge on any atom is -0.416 e. The van der Waals surface area contributed by atoms with Crippen molar-refractivity contribution in [2.75, 3.05) is 7.11 Å². The van der Waals surface area contributed by atoms with Gasteiger partial charge in [-0.3, -0.25) is 4.79 Å². The van der Waals surface area contributed by atoms with Crippen LogP contribution in [0.5, 0.6) is 0 Å². The SMILES string of the molecule is CO[Si](C)(C)c1ccc(C(=O)c2ccccc2)cc1. The van der Waals surface area contributed by atoms with Gasteiger partial charge in [-0.1, -0.05) is 54.6 Å². The van der Waals surface area contributed by atoms with Crippen molar-refractivity contribution in [3.63, 3.8) is 0 Å². The molecule has 0 N–H and O–H groups in total. The van der Waals surface area contributed by atoms with Gasteiger partial charge in [-0.2, -0.15) is 0 Å². The van der Waals surface area contributed by atoms with Crippen LogP contribution in [0.3, 0.4) is 0 Å². The second-order valence-corrected chi connectivity index (χ2v) is 8.99. The van der Waals surface area contributed by atoms with Gasteiger partial charge in [0.05, 0.1) is 0 Å². The second kappa shape index (κ2) is 5.51. The van der Waals surface area contributed by atoms with Gasteiger partial charge in [0.2, 0.25) is 8.32 Å². The van der Waals surface area contributed by atoms with Crippen molar-refractivity contribution < 1.29 is 9.22 Å². The van der Waals surface area contributed by atoms with E-state index in [-0.39, 0.29) is 5.78 Å². The molecule has 98 valence electrons. The van der Waals surface area contributed by atoms with Crippen LogP contribution in [0.15, 0.2) is 54.6 Å². The number of carbonyl (C=O) groups excluding carboxylic acids is 1. The Kier molecular flexibility index (Phi) is 3.98. The lowest BCUT2D eigenvalue weighted by molar-refractivity contribution is 0.103. The number of hydrogen-bond donors (Lipinski definition) is 0. The predicted octanol–water partition coefficient (Wildman–Crippen LogP) is 2.98. The first-order valence-electron chi connectivity index (χ1n) is 6.30. The summed E-state index contributed by atoms with van der Waals surface area (Å²) in [5.41, 5.74) is 1.44. The molecule has 0 atom stereocenters. The molecule has 0 fully saturated rings. The summed E-state index contributed by atoms with van der Waals surface area (Å²) in [7, 11) is -0.0564. The molecule has 0 unspecified atom stereocenters. The molecule has 2 nitrogen and oxygen atoms in total. The largest absolute Gasteiger partial charge is 0.416 e. The zero-order valence-corrected chi connectivity index (χ0v) is 12.5. The van der Waals surface area contributed by atoms with E-state index in [0.717, 1.165) is 11.1 Å². The van der Waals surface area contributed by atoms with Crippen LogP contribution in [0.4, 0.5) is 0 Å². The van der Waals surface area contributed by atoms with Gasteiger partial charge in [0.25, 0.3) is 0 Å². The van der Waals surface area contributed by atoms with Crippen LogP contribution in [0, 0.1) is 0 Å². The molecule has 0 amide bonds. The summed E-state index contributed by atoms with van der Waals surface area (Å²) < 4.78 is 5.56. The maximum atomic E-state index is 12.3. The lowest BCUT2D eigenvalue weighted by Gasteiger charge is -2.20. The van der Waals surface area contributed by atoms with Gasteiger partial charge in [-0.15, -0.1) is 0 Å². The highest BCUT2D eigenvalue weighted by Crippen LogP contribution is 2.10. The van der Waals surface area contributed by atoms with Crippen LogP contribution < -0.4 is 5.19 Å². The summed E-state index contributed by atoms with van der Waals surface area (Å²) in [5.74, 6) is 0.0593. The van der Waals surface area contributed by atoms with Crippen LogP contribution >= 0.6 is 0 Å². The van der Waals surface area contributed by atoms with Crippen molar-refractivity contribution in [1.29, 1.82) is 0 Å². The fourth-order valence-electron chi connectivity index (χ4n) is 1.90. The first kappa shape index (κ1) is 13.7. The summed E-state index contributed by atoms with van der Waals surface area (Å²) in [4.78, 5) is 12.3. The van der Waals surface area contributed by atoms with Crippen LogP contribution in [0.25, 0.3) is 0 Å². The van der Waals surface area contributed by atoms with E-state index in [1.807, 2.05) is 54.6 Å². The van der Waals surface area contributed by atoms with Crippen molar-refractivity contribution in [3.8, 4) is 0 Å². The molecule has 0 aliphatic heterocycles. The van der Waals surface area contributed by atoms with Gasteiger partial charge in [0.15, 0.2) is 5.78 Å². The molecule has 0 aliphatic carbocycles. The first-order chi connectivity index (χ1) is 9.04. The molecule has 3 heteroatoms. The number of hydrogen-bond acceptors (Lipinski definition) is 2. The van der Waals surface area contributed by atoms with Crippen molar-refractivity contribution >= 4 is 19.3 Å². The first-order valence-corrected chi connectivity index (χ1v) is 9.21. The topological polar surface area (TPSA) is 26.3 Å². The minimum atomic E-state index is -1.80. The summed E-state index contributed by atoms with van der Waals surface area (Å²) in [6, 6.07) is 17.1. The highest BCUT2D eigenvalue weighted by Gasteiger charge is 2.23. The predicted molar refractivity (Wildman–Crippen MR) is 80.4 cm³/mol. The Morgan fingerprint density at radius 3 is 1.95 bits per heavy atom. The molecule has 0 heterocycles. The quantitative estimate of drug-likeness (QED) is 0.630. The van der Waals surface area contributed by atoms with Crippen LogP contribution in [-0.2, 0) is 4.43 Å². The number of carbonyl (C=O) groups is 1. The summed E-state index contributed by atoms with van der Waals surface area (Å²) in [6.07, 6.45) is 0. The molecular weight excluding hydrogens is 252 g/mol. The van der Waals surface area contributed by atoms with Gasteiger partial charge in [0, 0.05) is 18.2 Å². The van der Waals surface area contributed by atoms with Crippen LogP contribution in [0.2, 0.25) is 13.1 Å². The zero-order chi connectivity index (χ0) is 13.9. The lowest BCUT2D eigenvalue weighted by atomic mass is 10.0. The van der Waals surface area contributed by atoms with E-state index in [0.29, 0.717) is 0 Å². The molecule has 2 rings (SSSR count). The van der Waals surface area contributed by atoms with Gasteiger partial charge in [-0.25, -0.2) is 0 Å². The maximum absolute atomic E-state index is 12.3. The molecule has 19 heavy (non-hydrogen) atoms. The fourth-order valence-corrected chi connectivity index (χ4v) is 3.10. The van der Waals surface area contributed by atoms with Crippen molar-refractivity contribution in [2.45, 2.75) is 13.1 Å². The standard InChI is InChI=1S/C16H18O2Si/c1-18-19(2,3)15-11-9-14(10-12-15)16(17)13-7-5-4-6-8-13/h4-12H,1-3H3. The summed E-state index contributed by atoms with van der Waals surface area (Å²) in [6.45, 7) is 4.28.